The van der Waals surface area contributed by atoms with Gasteiger partial charge in [0, 0.05) is 55.0 Å². The number of carbonyl (C=O) groups is 2. The minimum absolute atomic E-state index is 0.0367. The van der Waals surface area contributed by atoms with Gasteiger partial charge in [0.25, 0.3) is 0 Å². The van der Waals surface area contributed by atoms with Crippen LogP contribution in [0.4, 0.5) is 24.5 Å². The fourth-order valence-electron chi connectivity index (χ4n) is 7.57. The number of aryl methyl sites for hydroxylation is 1. The number of para-hydroxylation sites is 1. The van der Waals surface area contributed by atoms with Crippen LogP contribution in [-0.2, 0) is 22.3 Å². The fraction of sp³-hybridized carbons (Fsp3) is 0.421. The van der Waals surface area contributed by atoms with Crippen molar-refractivity contribution in [1.29, 1.82) is 0 Å². The van der Waals surface area contributed by atoms with E-state index < -0.39 is 17.3 Å². The van der Waals surface area contributed by atoms with Gasteiger partial charge < -0.3 is 20.1 Å². The highest BCUT2D eigenvalue weighted by molar-refractivity contribution is 7.99. The Morgan fingerprint density at radius 3 is 2.23 bits per heavy atom. The van der Waals surface area contributed by atoms with E-state index in [1.807, 2.05) is 55.4 Å². The number of aromatic amines is 1. The summed E-state index contributed by atoms with van der Waals surface area (Å²) in [6.07, 6.45) is -3.34. The Kier molecular flexibility index (Phi) is 9.08. The summed E-state index contributed by atoms with van der Waals surface area (Å²) in [5.74, 6) is 1.14. The van der Waals surface area contributed by atoms with Crippen molar-refractivity contribution in [3.8, 4) is 0 Å². The van der Waals surface area contributed by atoms with Gasteiger partial charge in [0.05, 0.1) is 5.56 Å². The minimum Gasteiger partial charge on any atom is -0.378 e. The maximum Gasteiger partial charge on any atom is 0.416 e. The number of rotatable bonds is 9. The average Bonchev–Trinajstić information content (AvgIpc) is 3.40. The van der Waals surface area contributed by atoms with Crippen molar-refractivity contribution in [3.63, 3.8) is 0 Å². The molecule has 10 heteroatoms. The first-order valence-corrected chi connectivity index (χ1v) is 17.6. The van der Waals surface area contributed by atoms with Crippen LogP contribution in [0.25, 0.3) is 10.9 Å². The Morgan fingerprint density at radius 1 is 0.958 bits per heavy atom. The summed E-state index contributed by atoms with van der Waals surface area (Å²) >= 11 is 1.74. The van der Waals surface area contributed by atoms with E-state index >= 15 is 0 Å². The van der Waals surface area contributed by atoms with Gasteiger partial charge in [0.1, 0.15) is 5.54 Å². The van der Waals surface area contributed by atoms with Crippen LogP contribution >= 0.6 is 11.8 Å². The van der Waals surface area contributed by atoms with Crippen LogP contribution < -0.4 is 10.2 Å². The molecule has 0 spiro atoms. The van der Waals surface area contributed by atoms with Gasteiger partial charge in [-0.1, -0.05) is 44.2 Å². The van der Waals surface area contributed by atoms with E-state index in [0.717, 1.165) is 34.4 Å². The lowest BCUT2D eigenvalue weighted by molar-refractivity contribution is -0.147. The molecule has 254 valence electrons. The zero-order valence-corrected chi connectivity index (χ0v) is 28.9. The molecule has 2 amide bonds. The maximum atomic E-state index is 14.7. The molecule has 0 bridgehead atoms. The molecule has 0 unspecified atom stereocenters. The molecule has 1 aliphatic heterocycles. The van der Waals surface area contributed by atoms with Gasteiger partial charge in [-0.3, -0.25) is 9.59 Å². The number of halogens is 3. The molecule has 1 saturated heterocycles. The number of carbonyl (C=O) groups excluding carboxylic acids is 2. The minimum atomic E-state index is -4.47. The SMILES string of the molecule is Cc1[nH]c2ccccc2c1[C@H]1[C@@H](CC(=O)N(Cc2ccc(C(F)(F)F)cc2)C2(C(=O)Nc3ccc(N(C)C)cc3)CCSCC2)C1(C)C. The lowest BCUT2D eigenvalue weighted by Gasteiger charge is -2.45. The Bertz CT molecular complexity index is 1790. The molecule has 6 rings (SSSR count). The van der Waals surface area contributed by atoms with Crippen molar-refractivity contribution in [2.75, 3.05) is 35.8 Å². The summed E-state index contributed by atoms with van der Waals surface area (Å²) in [4.78, 5) is 36.3. The van der Waals surface area contributed by atoms with Crippen molar-refractivity contribution in [3.05, 3.63) is 95.2 Å². The van der Waals surface area contributed by atoms with E-state index in [4.69, 9.17) is 0 Å². The second-order valence-electron chi connectivity index (χ2n) is 14.0. The Hall–Kier alpha value is -3.92. The third-order valence-corrected chi connectivity index (χ3v) is 11.5. The number of benzene rings is 3. The predicted octanol–water partition coefficient (Wildman–Crippen LogP) is 8.62. The third kappa shape index (κ3) is 6.43. The fourth-order valence-corrected chi connectivity index (χ4v) is 8.74. The van der Waals surface area contributed by atoms with E-state index in [1.54, 1.807) is 16.7 Å². The summed E-state index contributed by atoms with van der Waals surface area (Å²) in [5.41, 5.74) is 3.49. The van der Waals surface area contributed by atoms with Gasteiger partial charge in [0.15, 0.2) is 0 Å². The highest BCUT2D eigenvalue weighted by Crippen LogP contribution is 2.67. The predicted molar refractivity (Wildman–Crippen MR) is 188 cm³/mol. The molecule has 2 N–H and O–H groups in total. The third-order valence-electron chi connectivity index (χ3n) is 10.5. The summed E-state index contributed by atoms with van der Waals surface area (Å²) < 4.78 is 40.3. The number of hydrogen-bond acceptors (Lipinski definition) is 4. The second kappa shape index (κ2) is 12.8. The van der Waals surface area contributed by atoms with Crippen molar-refractivity contribution >= 4 is 45.9 Å². The average molecular weight is 677 g/mol. The maximum absolute atomic E-state index is 14.7. The van der Waals surface area contributed by atoms with Crippen LogP contribution in [0.2, 0.25) is 0 Å². The van der Waals surface area contributed by atoms with Gasteiger partial charge >= 0.3 is 6.18 Å². The van der Waals surface area contributed by atoms with Crippen LogP contribution in [-0.4, -0.2) is 52.8 Å². The van der Waals surface area contributed by atoms with Gasteiger partial charge in [-0.2, -0.15) is 24.9 Å². The summed E-state index contributed by atoms with van der Waals surface area (Å²) in [7, 11) is 3.89. The zero-order chi connectivity index (χ0) is 34.4. The number of alkyl halides is 3. The molecular formula is C38H43F3N4O2S. The van der Waals surface area contributed by atoms with Crippen LogP contribution in [0.15, 0.2) is 72.8 Å². The molecule has 6 nitrogen and oxygen atoms in total. The largest absolute Gasteiger partial charge is 0.416 e. The number of thioether (sulfide) groups is 1. The van der Waals surface area contributed by atoms with E-state index in [1.165, 1.54) is 17.7 Å². The number of fused-ring (bicyclic) bond motifs is 1. The van der Waals surface area contributed by atoms with Gasteiger partial charge in [-0.15, -0.1) is 0 Å². The molecule has 0 radical (unpaired) electrons. The Morgan fingerprint density at radius 2 is 1.60 bits per heavy atom. The molecule has 2 heterocycles. The molecule has 4 aromatic rings. The highest BCUT2D eigenvalue weighted by Gasteiger charge is 2.60. The number of amides is 2. The second-order valence-corrected chi connectivity index (χ2v) is 15.3. The molecule has 48 heavy (non-hydrogen) atoms. The molecule has 1 saturated carbocycles. The van der Waals surface area contributed by atoms with Crippen LogP contribution in [0.5, 0.6) is 0 Å². The number of anilines is 2. The van der Waals surface area contributed by atoms with Crippen molar-refractivity contribution in [1.82, 2.24) is 9.88 Å². The van der Waals surface area contributed by atoms with Crippen molar-refractivity contribution < 1.29 is 22.8 Å². The normalized spacial score (nSPS) is 19.9. The van der Waals surface area contributed by atoms with E-state index in [2.05, 4.69) is 43.2 Å². The first kappa shape index (κ1) is 34.0. The van der Waals surface area contributed by atoms with E-state index in [0.29, 0.717) is 35.6 Å². The van der Waals surface area contributed by atoms with Crippen molar-refractivity contribution in [2.45, 2.75) is 64.2 Å². The van der Waals surface area contributed by atoms with Crippen LogP contribution in [0.3, 0.4) is 0 Å². The van der Waals surface area contributed by atoms with Gasteiger partial charge in [-0.05, 0) is 102 Å². The number of nitrogens with zero attached hydrogens (tertiary/aromatic N) is 2. The number of H-pyrrole nitrogens is 1. The summed E-state index contributed by atoms with van der Waals surface area (Å²) in [5, 5.41) is 4.26. The molecule has 1 aliphatic carbocycles. The summed E-state index contributed by atoms with van der Waals surface area (Å²) in [6, 6.07) is 20.7. The Balaban J connectivity index is 1.34. The lowest BCUT2D eigenvalue weighted by Crippen LogP contribution is -2.60. The number of nitrogens with one attached hydrogen (secondary N) is 2. The van der Waals surface area contributed by atoms with Crippen LogP contribution in [0.1, 0.15) is 61.4 Å². The quantitative estimate of drug-likeness (QED) is 0.186. The topological polar surface area (TPSA) is 68.4 Å². The monoisotopic (exact) mass is 676 g/mol. The highest BCUT2D eigenvalue weighted by atomic mass is 32.2. The summed E-state index contributed by atoms with van der Waals surface area (Å²) in [6.45, 7) is 6.49. The molecule has 2 fully saturated rings. The lowest BCUT2D eigenvalue weighted by atomic mass is 9.87. The van der Waals surface area contributed by atoms with E-state index in [9.17, 15) is 22.8 Å². The molecule has 3 aromatic carbocycles. The van der Waals surface area contributed by atoms with Crippen molar-refractivity contribution in [2.24, 2.45) is 11.3 Å². The van der Waals surface area contributed by atoms with E-state index in [-0.39, 0.29) is 42.0 Å². The first-order valence-electron chi connectivity index (χ1n) is 16.4. The van der Waals surface area contributed by atoms with Gasteiger partial charge in [0.2, 0.25) is 11.8 Å². The zero-order valence-electron chi connectivity index (χ0n) is 28.1. The molecule has 2 aliphatic rings. The first-order chi connectivity index (χ1) is 22.7. The molecular weight excluding hydrogens is 634 g/mol. The standard InChI is InChI=1S/C38H43F3N4O2S/c1-24-33(29-8-6-7-9-31(29)42-24)34-30(36(34,2)3)22-32(46)45(23-25-10-12-26(13-11-25)38(39,40)41)37(18-20-48-21-19-37)35(47)43-27-14-16-28(17-15-27)44(4)5/h6-17,30,34,42H,18-23H2,1-5H3,(H,43,47)/t30-,34-/m1/s1. The number of aromatic nitrogens is 1. The molecule has 2 atom stereocenters. The Labute approximate surface area is 284 Å². The molecule has 1 aromatic heterocycles. The van der Waals surface area contributed by atoms with Crippen LogP contribution in [0, 0.1) is 18.3 Å². The number of hydrogen-bond donors (Lipinski definition) is 2. The smallest absolute Gasteiger partial charge is 0.378 e. The van der Waals surface area contributed by atoms with Gasteiger partial charge in [-0.25, -0.2) is 0 Å².